The van der Waals surface area contributed by atoms with Crippen molar-refractivity contribution in [3.05, 3.63) is 35.4 Å². The third-order valence-corrected chi connectivity index (χ3v) is 5.30. The van der Waals surface area contributed by atoms with Gasteiger partial charge < -0.3 is 15.3 Å². The van der Waals surface area contributed by atoms with Crippen LogP contribution in [0.3, 0.4) is 0 Å². The lowest BCUT2D eigenvalue weighted by atomic mass is 9.88. The molecule has 5 nitrogen and oxygen atoms in total. The normalized spacial score (nSPS) is 21.2. The molecule has 2 N–H and O–H groups in total. The Morgan fingerprint density at radius 3 is 2.67 bits per heavy atom. The van der Waals surface area contributed by atoms with Gasteiger partial charge in [0.1, 0.15) is 0 Å². The number of carbonyl (C=O) groups is 2. The van der Waals surface area contributed by atoms with Gasteiger partial charge in [0.15, 0.2) is 0 Å². The Kier molecular flexibility index (Phi) is 5.51. The Labute approximate surface area is 143 Å². The number of nitrogens with one attached hydrogen (secondary N) is 1. The second-order valence-electron chi connectivity index (χ2n) is 6.79. The van der Waals surface area contributed by atoms with Crippen LogP contribution < -0.4 is 5.32 Å². The predicted octanol–water partition coefficient (Wildman–Crippen LogP) is 1.80. The minimum Gasteiger partial charge on any atom is -0.394 e. The Morgan fingerprint density at radius 2 is 1.92 bits per heavy atom. The van der Waals surface area contributed by atoms with Crippen molar-refractivity contribution in [1.82, 2.24) is 10.2 Å². The summed E-state index contributed by atoms with van der Waals surface area (Å²) in [6.07, 6.45) is 6.04. The van der Waals surface area contributed by atoms with Crippen LogP contribution in [0.5, 0.6) is 0 Å². The standard InChI is InChI=1S/C19H26N2O3/c22-13-17-16-9-5-4-6-14(16)10-11-21(17)18(23)12-20-19(24)15-7-2-1-3-8-15/h4-6,9,15,17,22H,1-3,7-8,10-13H2,(H,20,24)/t17-/m0/s1. The molecule has 3 rings (SSSR count). The summed E-state index contributed by atoms with van der Waals surface area (Å²) in [6, 6.07) is 7.62. The molecule has 0 unspecified atom stereocenters. The van der Waals surface area contributed by atoms with Crippen molar-refractivity contribution in [2.45, 2.75) is 44.6 Å². The number of amides is 2. The molecule has 0 radical (unpaired) electrons. The average molecular weight is 330 g/mol. The van der Waals surface area contributed by atoms with Gasteiger partial charge in [0, 0.05) is 12.5 Å². The molecule has 2 amide bonds. The highest BCUT2D eigenvalue weighted by atomic mass is 16.3. The highest BCUT2D eigenvalue weighted by Crippen LogP contribution is 2.29. The number of aliphatic hydroxyl groups is 1. The van der Waals surface area contributed by atoms with Gasteiger partial charge in [0.25, 0.3) is 0 Å². The fraction of sp³-hybridized carbons (Fsp3) is 0.579. The molecule has 1 aliphatic carbocycles. The van der Waals surface area contributed by atoms with E-state index in [0.29, 0.717) is 6.54 Å². The molecule has 2 aliphatic rings. The molecule has 0 aromatic heterocycles. The van der Waals surface area contributed by atoms with Gasteiger partial charge in [-0.25, -0.2) is 0 Å². The van der Waals surface area contributed by atoms with E-state index in [1.54, 1.807) is 4.90 Å². The average Bonchev–Trinajstić information content (AvgIpc) is 2.65. The van der Waals surface area contributed by atoms with Crippen molar-refractivity contribution < 1.29 is 14.7 Å². The Bertz CT molecular complexity index is 596. The van der Waals surface area contributed by atoms with E-state index in [0.717, 1.165) is 37.7 Å². The van der Waals surface area contributed by atoms with E-state index in [-0.39, 0.29) is 36.9 Å². The van der Waals surface area contributed by atoms with E-state index in [9.17, 15) is 14.7 Å². The van der Waals surface area contributed by atoms with Crippen LogP contribution in [0.25, 0.3) is 0 Å². The summed E-state index contributed by atoms with van der Waals surface area (Å²) < 4.78 is 0. The lowest BCUT2D eigenvalue weighted by molar-refractivity contribution is -0.137. The lowest BCUT2D eigenvalue weighted by Gasteiger charge is -2.36. The smallest absolute Gasteiger partial charge is 0.242 e. The molecule has 130 valence electrons. The van der Waals surface area contributed by atoms with Crippen LogP contribution in [0.4, 0.5) is 0 Å². The first-order valence-corrected chi connectivity index (χ1v) is 8.96. The maximum atomic E-state index is 12.6. The molecule has 1 aliphatic heterocycles. The first-order valence-electron chi connectivity index (χ1n) is 8.96. The maximum Gasteiger partial charge on any atom is 0.242 e. The maximum absolute atomic E-state index is 12.6. The van der Waals surface area contributed by atoms with Gasteiger partial charge in [0.05, 0.1) is 19.2 Å². The number of hydrogen-bond acceptors (Lipinski definition) is 3. The first-order chi connectivity index (χ1) is 11.7. The molecule has 1 heterocycles. The van der Waals surface area contributed by atoms with Crippen LogP contribution in [0.2, 0.25) is 0 Å². The number of rotatable bonds is 4. The number of carbonyl (C=O) groups excluding carboxylic acids is 2. The zero-order valence-electron chi connectivity index (χ0n) is 14.0. The van der Waals surface area contributed by atoms with Crippen molar-refractivity contribution >= 4 is 11.8 Å². The quantitative estimate of drug-likeness (QED) is 0.884. The summed E-state index contributed by atoms with van der Waals surface area (Å²) >= 11 is 0. The molecular weight excluding hydrogens is 304 g/mol. The van der Waals surface area contributed by atoms with Crippen molar-refractivity contribution in [2.75, 3.05) is 19.7 Å². The van der Waals surface area contributed by atoms with Crippen LogP contribution in [0, 0.1) is 5.92 Å². The van der Waals surface area contributed by atoms with Gasteiger partial charge in [0.2, 0.25) is 11.8 Å². The van der Waals surface area contributed by atoms with E-state index in [2.05, 4.69) is 5.32 Å². The number of aliphatic hydroxyl groups excluding tert-OH is 1. The number of hydrogen-bond donors (Lipinski definition) is 2. The predicted molar refractivity (Wildman–Crippen MR) is 91.3 cm³/mol. The summed E-state index contributed by atoms with van der Waals surface area (Å²) in [6.45, 7) is 0.508. The van der Waals surface area contributed by atoms with Gasteiger partial charge in [-0.15, -0.1) is 0 Å². The molecule has 1 atom stereocenters. The minimum absolute atomic E-state index is 0.000933. The van der Waals surface area contributed by atoms with Gasteiger partial charge in [-0.3, -0.25) is 9.59 Å². The first kappa shape index (κ1) is 17.0. The molecule has 5 heteroatoms. The van der Waals surface area contributed by atoms with Crippen molar-refractivity contribution in [1.29, 1.82) is 0 Å². The summed E-state index contributed by atoms with van der Waals surface area (Å²) in [5, 5.41) is 12.6. The van der Waals surface area contributed by atoms with Crippen molar-refractivity contribution in [3.8, 4) is 0 Å². The van der Waals surface area contributed by atoms with Gasteiger partial charge in [-0.2, -0.15) is 0 Å². The third kappa shape index (κ3) is 3.61. The van der Waals surface area contributed by atoms with E-state index in [4.69, 9.17) is 0 Å². The Hall–Kier alpha value is -1.88. The summed E-state index contributed by atoms with van der Waals surface area (Å²) in [5.41, 5.74) is 2.20. The highest BCUT2D eigenvalue weighted by Gasteiger charge is 2.30. The van der Waals surface area contributed by atoms with Gasteiger partial charge in [-0.05, 0) is 30.4 Å². The number of benzene rings is 1. The van der Waals surface area contributed by atoms with E-state index in [1.165, 1.54) is 12.0 Å². The number of fused-ring (bicyclic) bond motifs is 1. The van der Waals surface area contributed by atoms with Crippen molar-refractivity contribution in [2.24, 2.45) is 5.92 Å². The molecule has 24 heavy (non-hydrogen) atoms. The van der Waals surface area contributed by atoms with Crippen LogP contribution in [0.1, 0.15) is 49.3 Å². The monoisotopic (exact) mass is 330 g/mol. The van der Waals surface area contributed by atoms with Crippen LogP contribution in [-0.4, -0.2) is 41.5 Å². The summed E-state index contributed by atoms with van der Waals surface area (Å²) in [7, 11) is 0. The van der Waals surface area contributed by atoms with E-state index >= 15 is 0 Å². The molecule has 1 aromatic rings. The number of nitrogens with zero attached hydrogens (tertiary/aromatic N) is 1. The largest absolute Gasteiger partial charge is 0.394 e. The zero-order chi connectivity index (χ0) is 16.9. The molecular formula is C19H26N2O3. The van der Waals surface area contributed by atoms with Crippen LogP contribution >= 0.6 is 0 Å². The van der Waals surface area contributed by atoms with Crippen molar-refractivity contribution in [3.63, 3.8) is 0 Å². The fourth-order valence-electron chi connectivity index (χ4n) is 3.92. The van der Waals surface area contributed by atoms with Gasteiger partial charge in [-0.1, -0.05) is 43.5 Å². The fourth-order valence-corrected chi connectivity index (χ4v) is 3.92. The van der Waals surface area contributed by atoms with Crippen LogP contribution in [-0.2, 0) is 16.0 Å². The molecule has 0 spiro atoms. The zero-order valence-corrected chi connectivity index (χ0v) is 14.0. The summed E-state index contributed by atoms with van der Waals surface area (Å²) in [4.78, 5) is 26.5. The van der Waals surface area contributed by atoms with E-state index < -0.39 is 0 Å². The molecule has 1 aromatic carbocycles. The molecule has 0 saturated heterocycles. The molecule has 1 fully saturated rings. The lowest BCUT2D eigenvalue weighted by Crippen LogP contribution is -2.47. The minimum atomic E-state index is -0.311. The van der Waals surface area contributed by atoms with Gasteiger partial charge >= 0.3 is 0 Å². The topological polar surface area (TPSA) is 69.6 Å². The summed E-state index contributed by atoms with van der Waals surface area (Å²) in [5.74, 6) is -0.0593. The third-order valence-electron chi connectivity index (χ3n) is 5.30. The second-order valence-corrected chi connectivity index (χ2v) is 6.79. The Morgan fingerprint density at radius 1 is 1.17 bits per heavy atom. The highest BCUT2D eigenvalue weighted by molar-refractivity contribution is 5.86. The van der Waals surface area contributed by atoms with E-state index in [1.807, 2.05) is 24.3 Å². The SMILES string of the molecule is O=C(NCC(=O)N1CCc2ccccc2[C@@H]1CO)C1CCCCC1. The molecule has 1 saturated carbocycles. The van der Waals surface area contributed by atoms with Crippen LogP contribution in [0.15, 0.2) is 24.3 Å². The molecule has 0 bridgehead atoms. The second kappa shape index (κ2) is 7.79. The Balaban J connectivity index is 1.59.